The maximum absolute atomic E-state index is 14.2. The Bertz CT molecular complexity index is 745. The second kappa shape index (κ2) is 10.5. The topological polar surface area (TPSA) is 59.6 Å². The molecule has 5 rings (SSSR count). The zero-order chi connectivity index (χ0) is 24.7. The molecule has 0 spiro atoms. The molecule has 200 valence electrons. The van der Waals surface area contributed by atoms with Gasteiger partial charge in [-0.1, -0.05) is 19.8 Å². The zero-order valence-corrected chi connectivity index (χ0v) is 21.3. The minimum atomic E-state index is -4.22. The van der Waals surface area contributed by atoms with Gasteiger partial charge >= 0.3 is 6.18 Å². The normalized spacial score (nSPS) is 42.3. The molecule has 1 amide bonds. The molecule has 5 fully saturated rings. The second-order valence-electron chi connectivity index (χ2n) is 12.3. The van der Waals surface area contributed by atoms with Crippen LogP contribution in [0, 0.1) is 41.4 Å². The molecule has 3 aliphatic heterocycles. The predicted molar refractivity (Wildman–Crippen MR) is 129 cm³/mol. The lowest BCUT2D eigenvalue weighted by atomic mass is 9.64. The zero-order valence-electron chi connectivity index (χ0n) is 21.3. The Morgan fingerprint density at radius 2 is 1.91 bits per heavy atom. The smallest absolute Gasteiger partial charge is 0.339 e. The molecule has 0 aromatic carbocycles. The van der Waals surface area contributed by atoms with Gasteiger partial charge in [0.15, 0.2) is 0 Å². The quantitative estimate of drug-likeness (QED) is 0.540. The summed E-state index contributed by atoms with van der Waals surface area (Å²) in [6, 6.07) is 0.102. The van der Waals surface area contributed by atoms with Crippen molar-refractivity contribution >= 4 is 5.91 Å². The van der Waals surface area contributed by atoms with E-state index in [1.807, 2.05) is 4.90 Å². The summed E-state index contributed by atoms with van der Waals surface area (Å²) in [7, 11) is 2.10. The molecule has 7 unspecified atom stereocenters. The van der Waals surface area contributed by atoms with Crippen molar-refractivity contribution in [3.05, 3.63) is 0 Å². The van der Waals surface area contributed by atoms with Crippen LogP contribution >= 0.6 is 0 Å². The minimum Gasteiger partial charge on any atom is -0.339 e. The Balaban J connectivity index is 1.26. The third-order valence-electron chi connectivity index (χ3n) is 10.2. The number of piperidine rings is 1. The molecule has 0 aromatic heterocycles. The number of amides is 1. The van der Waals surface area contributed by atoms with Crippen molar-refractivity contribution in [2.45, 2.75) is 83.1 Å². The van der Waals surface area contributed by atoms with Gasteiger partial charge in [0.2, 0.25) is 5.91 Å². The van der Waals surface area contributed by atoms with E-state index >= 15 is 0 Å². The monoisotopic (exact) mass is 499 g/mol. The first-order chi connectivity index (χ1) is 16.7. The molecule has 6 nitrogen and oxygen atoms in total. The van der Waals surface area contributed by atoms with Crippen LogP contribution in [0.25, 0.3) is 0 Å². The molecule has 5 aliphatic rings. The summed E-state index contributed by atoms with van der Waals surface area (Å²) < 4.78 is 42.7. The van der Waals surface area contributed by atoms with Gasteiger partial charge in [-0.25, -0.2) is 10.9 Å². The molecule has 2 saturated carbocycles. The summed E-state index contributed by atoms with van der Waals surface area (Å²) in [6.45, 7) is 5.19. The predicted octanol–water partition coefficient (Wildman–Crippen LogP) is 3.56. The van der Waals surface area contributed by atoms with Crippen molar-refractivity contribution in [1.82, 2.24) is 26.0 Å². The summed E-state index contributed by atoms with van der Waals surface area (Å²) in [5, 5.41) is 3.37. The highest BCUT2D eigenvalue weighted by Crippen LogP contribution is 2.53. The van der Waals surface area contributed by atoms with Crippen LogP contribution < -0.4 is 16.2 Å². The van der Waals surface area contributed by atoms with E-state index in [-0.39, 0.29) is 30.2 Å². The molecule has 3 saturated heterocycles. The van der Waals surface area contributed by atoms with Crippen molar-refractivity contribution < 1.29 is 18.0 Å². The molecule has 35 heavy (non-hydrogen) atoms. The summed E-state index contributed by atoms with van der Waals surface area (Å²) >= 11 is 0. The number of carbonyl (C=O) groups is 1. The fourth-order valence-corrected chi connectivity index (χ4v) is 8.11. The van der Waals surface area contributed by atoms with Gasteiger partial charge in [-0.15, -0.1) is 0 Å². The number of hydrazine groups is 1. The van der Waals surface area contributed by atoms with Crippen molar-refractivity contribution in [2.24, 2.45) is 41.4 Å². The number of fused-ring (bicyclic) bond motifs is 1. The average Bonchev–Trinajstić information content (AvgIpc) is 3.41. The number of nitrogens with zero attached hydrogens (tertiary/aromatic N) is 2. The molecule has 9 atom stereocenters. The van der Waals surface area contributed by atoms with Crippen LogP contribution in [-0.2, 0) is 4.79 Å². The molecule has 0 radical (unpaired) electrons. The number of rotatable bonds is 5. The number of alkyl halides is 3. The first-order valence-corrected chi connectivity index (χ1v) is 14.0. The van der Waals surface area contributed by atoms with E-state index in [4.69, 9.17) is 0 Å². The van der Waals surface area contributed by atoms with Gasteiger partial charge in [-0.3, -0.25) is 9.69 Å². The van der Waals surface area contributed by atoms with Crippen LogP contribution in [0.1, 0.15) is 64.7 Å². The Hall–Kier alpha value is -0.900. The Labute approximate surface area is 208 Å². The fourth-order valence-electron chi connectivity index (χ4n) is 8.11. The third kappa shape index (κ3) is 5.39. The molecule has 0 bridgehead atoms. The summed E-state index contributed by atoms with van der Waals surface area (Å²) in [6.07, 6.45) is 4.06. The number of carbonyl (C=O) groups excluding carboxylic acids is 1. The largest absolute Gasteiger partial charge is 0.392 e. The minimum absolute atomic E-state index is 0.00297. The van der Waals surface area contributed by atoms with Gasteiger partial charge in [-0.2, -0.15) is 13.2 Å². The molecule has 3 heterocycles. The van der Waals surface area contributed by atoms with Crippen LogP contribution in [0.4, 0.5) is 13.2 Å². The number of halogens is 3. The maximum Gasteiger partial charge on any atom is 0.392 e. The third-order valence-corrected chi connectivity index (χ3v) is 10.2. The lowest BCUT2D eigenvalue weighted by Gasteiger charge is -2.42. The van der Waals surface area contributed by atoms with Gasteiger partial charge in [0.1, 0.15) is 0 Å². The number of hydrogen-bond donors (Lipinski definition) is 3. The van der Waals surface area contributed by atoms with Gasteiger partial charge in [0.05, 0.1) is 18.8 Å². The fraction of sp³-hybridized carbons (Fsp3) is 0.962. The van der Waals surface area contributed by atoms with E-state index in [2.05, 4.69) is 35.0 Å². The summed E-state index contributed by atoms with van der Waals surface area (Å²) in [5.41, 5.74) is 6.52. The van der Waals surface area contributed by atoms with Crippen molar-refractivity contribution in [2.75, 3.05) is 33.4 Å². The van der Waals surface area contributed by atoms with Crippen LogP contribution in [-0.4, -0.2) is 67.4 Å². The lowest BCUT2D eigenvalue weighted by Crippen LogP contribution is -2.45. The van der Waals surface area contributed by atoms with E-state index in [0.29, 0.717) is 31.0 Å². The highest BCUT2D eigenvalue weighted by Gasteiger charge is 2.58. The SMILES string of the molecule is C[C@H](CC1NNCN1C)C1CCCC(N2CC3C(CC([C@H]4CCCNC4)CC3C(F)(F)F)C2=O)C1. The molecule has 2 aliphatic carbocycles. The van der Waals surface area contributed by atoms with E-state index in [9.17, 15) is 18.0 Å². The first-order valence-electron chi connectivity index (χ1n) is 14.0. The van der Waals surface area contributed by atoms with Crippen molar-refractivity contribution in [3.8, 4) is 0 Å². The molecule has 0 aromatic rings. The molecule has 9 heteroatoms. The number of likely N-dealkylation sites (tertiary alicyclic amines) is 1. The van der Waals surface area contributed by atoms with Crippen LogP contribution in [0.15, 0.2) is 0 Å². The Morgan fingerprint density at radius 3 is 2.60 bits per heavy atom. The second-order valence-corrected chi connectivity index (χ2v) is 12.3. The highest BCUT2D eigenvalue weighted by atomic mass is 19.4. The van der Waals surface area contributed by atoms with Crippen LogP contribution in [0.2, 0.25) is 0 Å². The highest BCUT2D eigenvalue weighted by molar-refractivity contribution is 5.82. The van der Waals surface area contributed by atoms with Gasteiger partial charge in [0.25, 0.3) is 0 Å². The summed E-state index contributed by atoms with van der Waals surface area (Å²) in [4.78, 5) is 17.8. The van der Waals surface area contributed by atoms with Gasteiger partial charge in [-0.05, 0) is 94.7 Å². The van der Waals surface area contributed by atoms with E-state index in [0.717, 1.165) is 64.7 Å². The first kappa shape index (κ1) is 25.7. The standard InChI is InChI=1S/C26H44F3N5O/c1-16(9-24-32-31-15-33(24)2)17-5-3-7-20(10-17)34-14-22-21(25(34)35)11-19(12-23(22)26(27,28)29)18-6-4-8-30-13-18/h16-24,30-32H,3-15H2,1-2H3/t16-,17?,18+,19?,20?,21?,22?,23?,24?/m1/s1. The summed E-state index contributed by atoms with van der Waals surface area (Å²) in [5.74, 6) is -1.02. The van der Waals surface area contributed by atoms with E-state index in [1.165, 1.54) is 0 Å². The Kier molecular flexibility index (Phi) is 7.69. The van der Waals surface area contributed by atoms with Crippen molar-refractivity contribution in [3.63, 3.8) is 0 Å². The molecule has 3 N–H and O–H groups in total. The number of hydrogen-bond acceptors (Lipinski definition) is 5. The Morgan fingerprint density at radius 1 is 1.09 bits per heavy atom. The van der Waals surface area contributed by atoms with Crippen LogP contribution in [0.5, 0.6) is 0 Å². The average molecular weight is 500 g/mol. The maximum atomic E-state index is 14.2. The molecular weight excluding hydrogens is 455 g/mol. The van der Waals surface area contributed by atoms with Gasteiger partial charge < -0.3 is 10.2 Å². The molecular formula is C26H44F3N5O. The van der Waals surface area contributed by atoms with Crippen molar-refractivity contribution in [1.29, 1.82) is 0 Å². The van der Waals surface area contributed by atoms with Gasteiger partial charge in [0, 0.05) is 18.5 Å². The van der Waals surface area contributed by atoms with E-state index < -0.39 is 23.9 Å². The van der Waals surface area contributed by atoms with E-state index in [1.54, 1.807) is 0 Å². The lowest BCUT2D eigenvalue weighted by molar-refractivity contribution is -0.205. The van der Waals surface area contributed by atoms with Crippen LogP contribution in [0.3, 0.4) is 0 Å². The number of nitrogens with one attached hydrogen (secondary N) is 3.